The van der Waals surface area contributed by atoms with Gasteiger partial charge >= 0.3 is 0 Å². The van der Waals surface area contributed by atoms with Crippen LogP contribution in [0.15, 0.2) is 42.6 Å². The lowest BCUT2D eigenvalue weighted by Gasteiger charge is -2.28. The van der Waals surface area contributed by atoms with Crippen LogP contribution < -0.4 is 5.32 Å². The van der Waals surface area contributed by atoms with Gasteiger partial charge in [-0.25, -0.2) is 0 Å². The maximum atomic E-state index is 12.6. The topological polar surface area (TPSA) is 62.2 Å². The van der Waals surface area contributed by atoms with Crippen molar-refractivity contribution < 1.29 is 9.90 Å². The molecule has 2 aromatic rings. The van der Waals surface area contributed by atoms with Crippen LogP contribution in [0.25, 0.3) is 11.3 Å². The lowest BCUT2D eigenvalue weighted by molar-refractivity contribution is 0.0838. The number of amides is 1. The van der Waals surface area contributed by atoms with Gasteiger partial charge in [0.1, 0.15) is 0 Å². The number of hydrogen-bond donors (Lipinski definition) is 2. The van der Waals surface area contributed by atoms with Crippen molar-refractivity contribution in [1.29, 1.82) is 0 Å². The molecule has 0 spiro atoms. The van der Waals surface area contributed by atoms with Gasteiger partial charge in [0.05, 0.1) is 28.4 Å². The molecule has 2 N–H and O–H groups in total. The molecule has 1 saturated carbocycles. The number of aliphatic hydroxyl groups excluding tert-OH is 1. The number of halogens is 1. The zero-order valence-corrected chi connectivity index (χ0v) is 13.5. The summed E-state index contributed by atoms with van der Waals surface area (Å²) >= 11 is 6.21. The molecule has 3 rings (SSSR count). The maximum absolute atomic E-state index is 12.6. The number of pyridine rings is 1. The molecule has 0 bridgehead atoms. The first-order valence-electron chi connectivity index (χ1n) is 7.78. The Morgan fingerprint density at radius 2 is 2.04 bits per heavy atom. The maximum Gasteiger partial charge on any atom is 0.253 e. The Labute approximate surface area is 140 Å². The van der Waals surface area contributed by atoms with Gasteiger partial charge in [0.25, 0.3) is 5.91 Å². The van der Waals surface area contributed by atoms with Gasteiger partial charge < -0.3 is 10.4 Å². The van der Waals surface area contributed by atoms with E-state index in [9.17, 15) is 9.90 Å². The number of aromatic nitrogens is 1. The molecule has 1 heterocycles. The minimum absolute atomic E-state index is 0.0453. The van der Waals surface area contributed by atoms with E-state index >= 15 is 0 Å². The summed E-state index contributed by atoms with van der Waals surface area (Å²) in [6.45, 7) is -0.0453. The van der Waals surface area contributed by atoms with Crippen molar-refractivity contribution in [2.75, 3.05) is 6.61 Å². The van der Waals surface area contributed by atoms with E-state index < -0.39 is 5.54 Å². The Morgan fingerprint density at radius 3 is 2.70 bits per heavy atom. The molecule has 0 unspecified atom stereocenters. The van der Waals surface area contributed by atoms with Crippen LogP contribution >= 0.6 is 11.6 Å². The van der Waals surface area contributed by atoms with E-state index in [4.69, 9.17) is 11.6 Å². The smallest absolute Gasteiger partial charge is 0.253 e. The van der Waals surface area contributed by atoms with Gasteiger partial charge in [-0.3, -0.25) is 9.78 Å². The van der Waals surface area contributed by atoms with Crippen LogP contribution in [0, 0.1) is 0 Å². The third-order valence-corrected chi connectivity index (χ3v) is 4.74. The fraction of sp³-hybridized carbons (Fsp3) is 0.333. The van der Waals surface area contributed by atoms with E-state index in [0.29, 0.717) is 10.6 Å². The summed E-state index contributed by atoms with van der Waals surface area (Å²) in [5.41, 5.74) is 1.52. The molecule has 1 aromatic carbocycles. The van der Waals surface area contributed by atoms with E-state index in [0.717, 1.165) is 36.9 Å². The Kier molecular flexibility index (Phi) is 4.64. The predicted octanol–water partition coefficient (Wildman–Crippen LogP) is 3.44. The highest BCUT2D eigenvalue weighted by molar-refractivity contribution is 6.34. The number of hydrogen-bond acceptors (Lipinski definition) is 3. The van der Waals surface area contributed by atoms with Crippen molar-refractivity contribution in [3.63, 3.8) is 0 Å². The predicted molar refractivity (Wildman–Crippen MR) is 90.4 cm³/mol. The molecular formula is C18H19ClN2O2. The molecule has 5 heteroatoms. The van der Waals surface area contributed by atoms with Gasteiger partial charge in [0.15, 0.2) is 0 Å². The van der Waals surface area contributed by atoms with Crippen LogP contribution in [-0.2, 0) is 0 Å². The second kappa shape index (κ2) is 6.69. The molecule has 120 valence electrons. The molecule has 1 fully saturated rings. The average molecular weight is 331 g/mol. The monoisotopic (exact) mass is 330 g/mol. The van der Waals surface area contributed by atoms with Crippen LogP contribution in [0.1, 0.15) is 36.0 Å². The van der Waals surface area contributed by atoms with Gasteiger partial charge in [-0.05, 0) is 37.1 Å². The minimum Gasteiger partial charge on any atom is -0.394 e. The van der Waals surface area contributed by atoms with E-state index in [1.54, 1.807) is 18.3 Å². The van der Waals surface area contributed by atoms with E-state index in [1.807, 2.05) is 24.3 Å². The van der Waals surface area contributed by atoms with Crippen molar-refractivity contribution in [1.82, 2.24) is 10.3 Å². The molecule has 1 aliphatic carbocycles. The minimum atomic E-state index is -0.512. The first-order valence-corrected chi connectivity index (χ1v) is 8.16. The lowest BCUT2D eigenvalue weighted by atomic mass is 9.97. The van der Waals surface area contributed by atoms with E-state index in [1.165, 1.54) is 0 Å². The standard InChI is InChI=1S/C18H19ClN2O2/c19-15-7-6-13(16-5-1-4-10-20-16)11-14(15)17(23)21-18(12-22)8-2-3-9-18/h1,4-7,10-11,22H,2-3,8-9,12H2,(H,21,23). The third kappa shape index (κ3) is 3.38. The number of carbonyl (C=O) groups excluding carboxylic acids is 1. The largest absolute Gasteiger partial charge is 0.394 e. The SMILES string of the molecule is O=C(NC1(CO)CCCC1)c1cc(-c2ccccn2)ccc1Cl. The molecule has 0 saturated heterocycles. The van der Waals surface area contributed by atoms with Gasteiger partial charge in [0, 0.05) is 11.8 Å². The van der Waals surface area contributed by atoms with E-state index in [-0.39, 0.29) is 12.5 Å². The quantitative estimate of drug-likeness (QED) is 0.902. The molecule has 1 aromatic heterocycles. The van der Waals surface area contributed by atoms with Crippen LogP contribution in [0.2, 0.25) is 5.02 Å². The normalized spacial score (nSPS) is 16.3. The zero-order valence-electron chi connectivity index (χ0n) is 12.8. The number of rotatable bonds is 4. The summed E-state index contributed by atoms with van der Waals surface area (Å²) in [5, 5.41) is 13.0. The molecule has 0 atom stereocenters. The fourth-order valence-electron chi connectivity index (χ4n) is 3.07. The second-order valence-corrected chi connectivity index (χ2v) is 6.42. The summed E-state index contributed by atoms with van der Waals surface area (Å²) in [7, 11) is 0. The Bertz CT molecular complexity index is 697. The van der Waals surface area contributed by atoms with Crippen molar-refractivity contribution in [2.24, 2.45) is 0 Å². The number of nitrogens with zero attached hydrogens (tertiary/aromatic N) is 1. The lowest BCUT2D eigenvalue weighted by Crippen LogP contribution is -2.49. The summed E-state index contributed by atoms with van der Waals surface area (Å²) < 4.78 is 0. The Hall–Kier alpha value is -1.91. The molecule has 4 nitrogen and oxygen atoms in total. The van der Waals surface area contributed by atoms with Crippen LogP contribution in [0.5, 0.6) is 0 Å². The fourth-order valence-corrected chi connectivity index (χ4v) is 3.28. The van der Waals surface area contributed by atoms with Crippen LogP contribution in [0.3, 0.4) is 0 Å². The highest BCUT2D eigenvalue weighted by atomic mass is 35.5. The Balaban J connectivity index is 1.88. The van der Waals surface area contributed by atoms with Gasteiger partial charge in [-0.1, -0.05) is 36.6 Å². The van der Waals surface area contributed by atoms with Crippen LogP contribution in [0.4, 0.5) is 0 Å². The first kappa shape index (κ1) is 16.0. The molecular weight excluding hydrogens is 312 g/mol. The van der Waals surface area contributed by atoms with Gasteiger partial charge in [0.2, 0.25) is 0 Å². The molecule has 1 amide bonds. The van der Waals surface area contributed by atoms with Crippen molar-refractivity contribution >= 4 is 17.5 Å². The van der Waals surface area contributed by atoms with E-state index in [2.05, 4.69) is 10.3 Å². The van der Waals surface area contributed by atoms with Crippen molar-refractivity contribution in [3.05, 3.63) is 53.2 Å². The molecule has 0 aliphatic heterocycles. The number of nitrogens with one attached hydrogen (secondary N) is 1. The zero-order chi connectivity index (χ0) is 16.3. The third-order valence-electron chi connectivity index (χ3n) is 4.41. The van der Waals surface area contributed by atoms with Gasteiger partial charge in [-0.15, -0.1) is 0 Å². The number of benzene rings is 1. The molecule has 1 aliphatic rings. The average Bonchev–Trinajstić information content (AvgIpc) is 3.05. The summed E-state index contributed by atoms with van der Waals surface area (Å²) in [5.74, 6) is -0.247. The Morgan fingerprint density at radius 1 is 1.26 bits per heavy atom. The van der Waals surface area contributed by atoms with Crippen molar-refractivity contribution in [3.8, 4) is 11.3 Å². The van der Waals surface area contributed by atoms with Gasteiger partial charge in [-0.2, -0.15) is 0 Å². The summed E-state index contributed by atoms with van der Waals surface area (Å²) in [6, 6.07) is 10.9. The summed E-state index contributed by atoms with van der Waals surface area (Å²) in [4.78, 5) is 16.9. The van der Waals surface area contributed by atoms with Crippen LogP contribution in [-0.4, -0.2) is 28.1 Å². The second-order valence-electron chi connectivity index (χ2n) is 6.01. The summed E-state index contributed by atoms with van der Waals surface area (Å²) in [6.07, 6.45) is 5.34. The van der Waals surface area contributed by atoms with Crippen molar-refractivity contribution in [2.45, 2.75) is 31.2 Å². The molecule has 0 radical (unpaired) electrons. The highest BCUT2D eigenvalue weighted by Crippen LogP contribution is 2.30. The number of carbonyl (C=O) groups is 1. The number of aliphatic hydroxyl groups is 1. The first-order chi connectivity index (χ1) is 11.1. The molecule has 23 heavy (non-hydrogen) atoms. The highest BCUT2D eigenvalue weighted by Gasteiger charge is 2.35.